The van der Waals surface area contributed by atoms with Crippen molar-refractivity contribution in [2.45, 2.75) is 50.0 Å². The zero-order valence-corrected chi connectivity index (χ0v) is 14.6. The highest BCUT2D eigenvalue weighted by molar-refractivity contribution is 5.80. The molecule has 1 N–H and O–H groups in total. The third-order valence-electron chi connectivity index (χ3n) is 5.67. The predicted molar refractivity (Wildman–Crippen MR) is 93.8 cm³/mol. The molecule has 0 amide bonds. The number of benzene rings is 1. The van der Waals surface area contributed by atoms with Crippen LogP contribution in [0.25, 0.3) is 0 Å². The van der Waals surface area contributed by atoms with Crippen LogP contribution in [0.1, 0.15) is 50.0 Å². The van der Waals surface area contributed by atoms with Gasteiger partial charge in [0.15, 0.2) is 0 Å². The standard InChI is InChI=1S/C20H29NO3/c1-21-13-9-16(10-14-21)15-24-19(22)18(17-7-3-2-4-8-17)20(23)11-5-6-12-20/h2-4,7-8,16,18,23H,5-6,9-15H2,1H3. The number of carbonyl (C=O) groups is 1. The number of hydrogen-bond donors (Lipinski definition) is 1. The minimum Gasteiger partial charge on any atom is -0.465 e. The van der Waals surface area contributed by atoms with Crippen LogP contribution < -0.4 is 0 Å². The zero-order valence-electron chi connectivity index (χ0n) is 14.6. The van der Waals surface area contributed by atoms with Gasteiger partial charge in [0.25, 0.3) is 0 Å². The van der Waals surface area contributed by atoms with Gasteiger partial charge in [-0.2, -0.15) is 0 Å². The highest BCUT2D eigenvalue weighted by atomic mass is 16.5. The molecule has 0 radical (unpaired) electrons. The molecule has 1 saturated heterocycles. The van der Waals surface area contributed by atoms with E-state index < -0.39 is 11.5 Å². The van der Waals surface area contributed by atoms with Crippen LogP contribution in [-0.4, -0.2) is 48.3 Å². The van der Waals surface area contributed by atoms with E-state index in [0.717, 1.165) is 44.3 Å². The average molecular weight is 331 g/mol. The van der Waals surface area contributed by atoms with Crippen molar-refractivity contribution in [3.63, 3.8) is 0 Å². The average Bonchev–Trinajstić information content (AvgIpc) is 3.02. The van der Waals surface area contributed by atoms with Crippen LogP contribution in [0, 0.1) is 5.92 Å². The van der Waals surface area contributed by atoms with Gasteiger partial charge in [0.05, 0.1) is 12.2 Å². The second-order valence-corrected chi connectivity index (χ2v) is 7.53. The number of nitrogens with zero attached hydrogens (tertiary/aromatic N) is 1. The number of esters is 1. The summed E-state index contributed by atoms with van der Waals surface area (Å²) in [5, 5.41) is 11.0. The Bertz CT molecular complexity index is 531. The van der Waals surface area contributed by atoms with Gasteiger partial charge >= 0.3 is 5.97 Å². The van der Waals surface area contributed by atoms with Crippen molar-refractivity contribution in [3.05, 3.63) is 35.9 Å². The summed E-state index contributed by atoms with van der Waals surface area (Å²) in [4.78, 5) is 15.2. The summed E-state index contributed by atoms with van der Waals surface area (Å²) >= 11 is 0. The molecule has 1 heterocycles. The molecule has 0 bridgehead atoms. The summed E-state index contributed by atoms with van der Waals surface area (Å²) < 4.78 is 5.69. The Labute approximate surface area is 144 Å². The second-order valence-electron chi connectivity index (χ2n) is 7.53. The Morgan fingerprint density at radius 1 is 1.25 bits per heavy atom. The first-order chi connectivity index (χ1) is 11.6. The maximum absolute atomic E-state index is 12.9. The summed E-state index contributed by atoms with van der Waals surface area (Å²) in [5.74, 6) is -0.378. The largest absolute Gasteiger partial charge is 0.465 e. The summed E-state index contributed by atoms with van der Waals surface area (Å²) in [5.41, 5.74) is -0.0825. The van der Waals surface area contributed by atoms with Gasteiger partial charge in [0.1, 0.15) is 5.92 Å². The van der Waals surface area contributed by atoms with E-state index in [0.29, 0.717) is 25.4 Å². The molecule has 4 nitrogen and oxygen atoms in total. The molecule has 1 unspecified atom stereocenters. The number of likely N-dealkylation sites (tertiary alicyclic amines) is 1. The first-order valence-corrected chi connectivity index (χ1v) is 9.21. The molecule has 4 heteroatoms. The van der Waals surface area contributed by atoms with Crippen LogP contribution in [0.2, 0.25) is 0 Å². The lowest BCUT2D eigenvalue weighted by molar-refractivity contribution is -0.154. The summed E-state index contributed by atoms with van der Waals surface area (Å²) in [7, 11) is 2.13. The van der Waals surface area contributed by atoms with E-state index in [1.807, 2.05) is 30.3 Å². The third-order valence-corrected chi connectivity index (χ3v) is 5.67. The van der Waals surface area contributed by atoms with E-state index in [1.165, 1.54) is 0 Å². The van der Waals surface area contributed by atoms with E-state index in [-0.39, 0.29) is 5.97 Å². The fraction of sp³-hybridized carbons (Fsp3) is 0.650. The number of rotatable bonds is 5. The molecule has 3 rings (SSSR count). The van der Waals surface area contributed by atoms with Crippen LogP contribution in [0.4, 0.5) is 0 Å². The van der Waals surface area contributed by atoms with Crippen molar-refractivity contribution in [3.8, 4) is 0 Å². The zero-order chi connectivity index (χ0) is 17.0. The topological polar surface area (TPSA) is 49.8 Å². The van der Waals surface area contributed by atoms with Crippen molar-refractivity contribution < 1.29 is 14.6 Å². The molecule has 0 spiro atoms. The van der Waals surface area contributed by atoms with Crippen LogP contribution in [-0.2, 0) is 9.53 Å². The Kier molecular flexibility index (Phi) is 5.57. The minimum atomic E-state index is -0.953. The molecule has 1 aliphatic heterocycles. The van der Waals surface area contributed by atoms with E-state index in [4.69, 9.17) is 4.74 Å². The van der Waals surface area contributed by atoms with Gasteiger partial charge in [-0.1, -0.05) is 43.2 Å². The number of carbonyl (C=O) groups excluding carboxylic acids is 1. The van der Waals surface area contributed by atoms with Gasteiger partial charge < -0.3 is 14.7 Å². The van der Waals surface area contributed by atoms with Crippen LogP contribution >= 0.6 is 0 Å². The smallest absolute Gasteiger partial charge is 0.316 e. The summed E-state index contributed by atoms with van der Waals surface area (Å²) in [6.07, 6.45) is 5.45. The first kappa shape index (κ1) is 17.4. The molecule has 1 saturated carbocycles. The lowest BCUT2D eigenvalue weighted by atomic mass is 9.80. The Morgan fingerprint density at radius 3 is 2.50 bits per heavy atom. The molecule has 1 aliphatic carbocycles. The second kappa shape index (κ2) is 7.66. The lowest BCUT2D eigenvalue weighted by Crippen LogP contribution is -2.40. The van der Waals surface area contributed by atoms with Crippen LogP contribution in [0.15, 0.2) is 30.3 Å². The van der Waals surface area contributed by atoms with Crippen molar-refractivity contribution in [1.82, 2.24) is 4.90 Å². The normalized spacial score (nSPS) is 23.1. The molecule has 132 valence electrons. The molecule has 24 heavy (non-hydrogen) atoms. The maximum Gasteiger partial charge on any atom is 0.316 e. The van der Waals surface area contributed by atoms with Gasteiger partial charge in [-0.3, -0.25) is 4.79 Å². The number of piperidine rings is 1. The Hall–Kier alpha value is -1.39. The molecule has 1 aromatic rings. The van der Waals surface area contributed by atoms with Crippen molar-refractivity contribution in [2.24, 2.45) is 5.92 Å². The number of aliphatic hydroxyl groups is 1. The quantitative estimate of drug-likeness (QED) is 0.843. The van der Waals surface area contributed by atoms with Gasteiger partial charge in [-0.05, 0) is 57.3 Å². The van der Waals surface area contributed by atoms with Crippen molar-refractivity contribution >= 4 is 5.97 Å². The fourth-order valence-corrected chi connectivity index (χ4v) is 4.10. The first-order valence-electron chi connectivity index (χ1n) is 9.21. The van der Waals surface area contributed by atoms with Crippen molar-refractivity contribution in [1.29, 1.82) is 0 Å². The van der Waals surface area contributed by atoms with E-state index in [1.54, 1.807) is 0 Å². The van der Waals surface area contributed by atoms with E-state index >= 15 is 0 Å². The van der Waals surface area contributed by atoms with E-state index in [2.05, 4.69) is 11.9 Å². The summed E-state index contributed by atoms with van der Waals surface area (Å²) in [6, 6.07) is 9.63. The predicted octanol–water partition coefficient (Wildman–Crippen LogP) is 2.96. The van der Waals surface area contributed by atoms with E-state index in [9.17, 15) is 9.90 Å². The number of hydrogen-bond acceptors (Lipinski definition) is 4. The van der Waals surface area contributed by atoms with Crippen molar-refractivity contribution in [2.75, 3.05) is 26.7 Å². The highest BCUT2D eigenvalue weighted by Gasteiger charge is 2.45. The van der Waals surface area contributed by atoms with Gasteiger partial charge in [0.2, 0.25) is 0 Å². The SMILES string of the molecule is CN1CCC(COC(=O)C(c2ccccc2)C2(O)CCCC2)CC1. The van der Waals surface area contributed by atoms with Gasteiger partial charge in [-0.15, -0.1) is 0 Å². The molecule has 2 fully saturated rings. The van der Waals surface area contributed by atoms with Gasteiger partial charge in [-0.25, -0.2) is 0 Å². The molecule has 1 aromatic carbocycles. The van der Waals surface area contributed by atoms with Gasteiger partial charge in [0, 0.05) is 0 Å². The van der Waals surface area contributed by atoms with Crippen LogP contribution in [0.3, 0.4) is 0 Å². The third kappa shape index (κ3) is 3.98. The minimum absolute atomic E-state index is 0.260. The fourth-order valence-electron chi connectivity index (χ4n) is 4.10. The molecule has 2 aliphatic rings. The molecule has 0 aromatic heterocycles. The maximum atomic E-state index is 12.9. The molecule has 1 atom stereocenters. The molecular weight excluding hydrogens is 302 g/mol. The highest BCUT2D eigenvalue weighted by Crippen LogP contribution is 2.42. The lowest BCUT2D eigenvalue weighted by Gasteiger charge is -2.33. The summed E-state index contributed by atoms with van der Waals surface area (Å²) in [6.45, 7) is 2.61. The molecular formula is C20H29NO3. The number of ether oxygens (including phenoxy) is 1. The monoisotopic (exact) mass is 331 g/mol. The Morgan fingerprint density at radius 2 is 1.88 bits per heavy atom. The van der Waals surface area contributed by atoms with Crippen LogP contribution in [0.5, 0.6) is 0 Å². The Balaban J connectivity index is 1.67.